The van der Waals surface area contributed by atoms with Crippen LogP contribution in [0.2, 0.25) is 0 Å². The van der Waals surface area contributed by atoms with Crippen molar-refractivity contribution in [3.63, 3.8) is 0 Å². The summed E-state index contributed by atoms with van der Waals surface area (Å²) in [4.78, 5) is 24.8. The fraction of sp³-hybridized carbons (Fsp3) is 0.625. The summed E-state index contributed by atoms with van der Waals surface area (Å²) in [6.45, 7) is 10.2. The number of carbonyl (C=O) groups excluding carboxylic acids is 2. The van der Waals surface area contributed by atoms with Gasteiger partial charge in [0.1, 0.15) is 0 Å². The van der Waals surface area contributed by atoms with Gasteiger partial charge in [-0.2, -0.15) is 0 Å². The fourth-order valence-corrected chi connectivity index (χ4v) is 3.11. The average molecular weight is 326 g/mol. The number of esters is 1. The first-order valence-corrected chi connectivity index (χ1v) is 8.22. The van der Waals surface area contributed by atoms with Gasteiger partial charge in [0, 0.05) is 10.4 Å². The van der Waals surface area contributed by atoms with Crippen LogP contribution >= 0.6 is 11.3 Å². The number of ether oxygens (including phenoxy) is 1. The number of hydrogen-bond acceptors (Lipinski definition) is 5. The first kappa shape index (κ1) is 18.6. The predicted octanol–water partition coefficient (Wildman–Crippen LogP) is 2.93. The molecular weight excluding hydrogens is 300 g/mol. The molecule has 1 aromatic rings. The molecule has 2 N–H and O–H groups in total. The van der Waals surface area contributed by atoms with E-state index in [0.717, 1.165) is 17.0 Å². The van der Waals surface area contributed by atoms with Crippen molar-refractivity contribution in [3.8, 4) is 0 Å². The van der Waals surface area contributed by atoms with Crippen LogP contribution in [0.15, 0.2) is 0 Å². The molecule has 0 aromatic carbocycles. The molecule has 1 atom stereocenters. The van der Waals surface area contributed by atoms with E-state index in [4.69, 9.17) is 4.74 Å². The molecule has 1 rings (SSSR count). The Morgan fingerprint density at radius 1 is 1.23 bits per heavy atom. The molecule has 0 aliphatic heterocycles. The lowest BCUT2D eigenvalue weighted by atomic mass is 9.94. The number of thiophene rings is 1. The molecule has 1 heterocycles. The largest absolute Gasteiger partial charge is 0.469 e. The second-order valence-corrected chi connectivity index (χ2v) is 7.03. The standard InChI is InChI=1S/C16H26N2O3S/c1-7-16(5,8-14(20)21-6)17-9-13(19)18-15-11(3)10(2)12(4)22-15/h17H,7-9H2,1-6H3,(H,18,19)/t16-/m1/s1. The minimum Gasteiger partial charge on any atom is -0.469 e. The number of methoxy groups -OCH3 is 1. The zero-order valence-electron chi connectivity index (χ0n) is 14.3. The molecule has 22 heavy (non-hydrogen) atoms. The van der Waals surface area contributed by atoms with Gasteiger partial charge in [-0.05, 0) is 45.2 Å². The summed E-state index contributed by atoms with van der Waals surface area (Å²) in [5.41, 5.74) is 1.89. The summed E-state index contributed by atoms with van der Waals surface area (Å²) in [5, 5.41) is 7.00. The Labute approximate surface area is 136 Å². The van der Waals surface area contributed by atoms with Crippen molar-refractivity contribution in [2.24, 2.45) is 0 Å². The number of anilines is 1. The highest BCUT2D eigenvalue weighted by molar-refractivity contribution is 7.16. The third-order valence-corrected chi connectivity index (χ3v) is 5.38. The van der Waals surface area contributed by atoms with Gasteiger partial charge in [-0.1, -0.05) is 6.92 Å². The highest BCUT2D eigenvalue weighted by Crippen LogP contribution is 2.31. The Hall–Kier alpha value is -1.40. The van der Waals surface area contributed by atoms with E-state index < -0.39 is 5.54 Å². The number of hydrogen-bond donors (Lipinski definition) is 2. The van der Waals surface area contributed by atoms with Crippen LogP contribution < -0.4 is 10.6 Å². The fourth-order valence-electron chi connectivity index (χ4n) is 2.03. The van der Waals surface area contributed by atoms with Crippen LogP contribution in [0.4, 0.5) is 5.00 Å². The number of rotatable bonds is 7. The maximum absolute atomic E-state index is 12.1. The van der Waals surface area contributed by atoms with Crippen LogP contribution in [-0.4, -0.2) is 31.1 Å². The monoisotopic (exact) mass is 326 g/mol. The molecule has 0 aliphatic rings. The minimum atomic E-state index is -0.444. The lowest BCUT2D eigenvalue weighted by molar-refractivity contribution is -0.142. The van der Waals surface area contributed by atoms with E-state index in [1.54, 1.807) is 11.3 Å². The summed E-state index contributed by atoms with van der Waals surface area (Å²) in [7, 11) is 1.37. The SMILES string of the molecule is CC[C@](C)(CC(=O)OC)NCC(=O)Nc1sc(C)c(C)c1C. The zero-order valence-corrected chi connectivity index (χ0v) is 15.1. The number of aryl methyl sites for hydroxylation is 1. The van der Waals surface area contributed by atoms with Crippen molar-refractivity contribution in [3.05, 3.63) is 16.0 Å². The molecule has 0 saturated heterocycles. The van der Waals surface area contributed by atoms with Crippen molar-refractivity contribution in [1.29, 1.82) is 0 Å². The van der Waals surface area contributed by atoms with E-state index in [9.17, 15) is 9.59 Å². The molecule has 0 fully saturated rings. The van der Waals surface area contributed by atoms with E-state index in [-0.39, 0.29) is 24.8 Å². The molecule has 0 unspecified atom stereocenters. The average Bonchev–Trinajstić information content (AvgIpc) is 2.72. The first-order valence-electron chi connectivity index (χ1n) is 7.40. The van der Waals surface area contributed by atoms with Crippen molar-refractivity contribution in [2.75, 3.05) is 19.0 Å². The van der Waals surface area contributed by atoms with E-state index in [2.05, 4.69) is 17.6 Å². The molecule has 0 saturated carbocycles. The first-order chi connectivity index (χ1) is 10.2. The highest BCUT2D eigenvalue weighted by Gasteiger charge is 2.26. The summed E-state index contributed by atoms with van der Waals surface area (Å²) in [5.74, 6) is -0.383. The third-order valence-electron chi connectivity index (χ3n) is 4.16. The van der Waals surface area contributed by atoms with Crippen molar-refractivity contribution < 1.29 is 14.3 Å². The lowest BCUT2D eigenvalue weighted by Crippen LogP contribution is -2.47. The van der Waals surface area contributed by atoms with Crippen molar-refractivity contribution >= 4 is 28.2 Å². The molecule has 0 radical (unpaired) electrons. The second-order valence-electron chi connectivity index (χ2n) is 5.81. The van der Waals surface area contributed by atoms with E-state index in [1.807, 2.05) is 27.7 Å². The van der Waals surface area contributed by atoms with Gasteiger partial charge < -0.3 is 15.4 Å². The Balaban J connectivity index is 2.61. The normalized spacial score (nSPS) is 13.5. The van der Waals surface area contributed by atoms with Crippen LogP contribution in [0.25, 0.3) is 0 Å². The Bertz CT molecular complexity index is 554. The van der Waals surface area contributed by atoms with Gasteiger partial charge in [-0.15, -0.1) is 11.3 Å². The quantitative estimate of drug-likeness (QED) is 0.756. The minimum absolute atomic E-state index is 0.103. The smallest absolute Gasteiger partial charge is 0.307 e. The summed E-state index contributed by atoms with van der Waals surface area (Å²) in [6.07, 6.45) is 0.967. The molecule has 1 amide bonds. The summed E-state index contributed by atoms with van der Waals surface area (Å²) >= 11 is 1.59. The van der Waals surface area contributed by atoms with Crippen LogP contribution in [0.1, 0.15) is 42.7 Å². The Morgan fingerprint density at radius 2 is 1.86 bits per heavy atom. The van der Waals surface area contributed by atoms with Crippen molar-refractivity contribution in [2.45, 2.75) is 53.0 Å². The van der Waals surface area contributed by atoms with Gasteiger partial charge in [0.25, 0.3) is 0 Å². The van der Waals surface area contributed by atoms with Gasteiger partial charge in [0.2, 0.25) is 5.91 Å². The summed E-state index contributed by atoms with van der Waals surface area (Å²) in [6, 6.07) is 0. The number of nitrogens with one attached hydrogen (secondary N) is 2. The van der Waals surface area contributed by atoms with Gasteiger partial charge >= 0.3 is 5.97 Å². The molecular formula is C16H26N2O3S. The number of amides is 1. The van der Waals surface area contributed by atoms with E-state index in [0.29, 0.717) is 0 Å². The lowest BCUT2D eigenvalue weighted by Gasteiger charge is -2.28. The van der Waals surface area contributed by atoms with Gasteiger partial charge in [-0.3, -0.25) is 9.59 Å². The van der Waals surface area contributed by atoms with Crippen LogP contribution in [0.3, 0.4) is 0 Å². The molecule has 1 aromatic heterocycles. The van der Waals surface area contributed by atoms with E-state index in [1.165, 1.54) is 17.6 Å². The maximum atomic E-state index is 12.1. The van der Waals surface area contributed by atoms with Gasteiger partial charge in [-0.25, -0.2) is 0 Å². The molecule has 124 valence electrons. The zero-order chi connectivity index (χ0) is 16.9. The predicted molar refractivity (Wildman–Crippen MR) is 90.5 cm³/mol. The topological polar surface area (TPSA) is 67.4 Å². The van der Waals surface area contributed by atoms with E-state index >= 15 is 0 Å². The van der Waals surface area contributed by atoms with Gasteiger partial charge in [0.05, 0.1) is 25.1 Å². The molecule has 5 nitrogen and oxygen atoms in total. The summed E-state index contributed by atoms with van der Waals surface area (Å²) < 4.78 is 4.70. The van der Waals surface area contributed by atoms with Crippen LogP contribution in [0.5, 0.6) is 0 Å². The highest BCUT2D eigenvalue weighted by atomic mass is 32.1. The third kappa shape index (κ3) is 4.81. The Morgan fingerprint density at radius 3 is 2.32 bits per heavy atom. The van der Waals surface area contributed by atoms with Crippen molar-refractivity contribution in [1.82, 2.24) is 5.32 Å². The van der Waals surface area contributed by atoms with Crippen LogP contribution in [-0.2, 0) is 14.3 Å². The van der Waals surface area contributed by atoms with Crippen LogP contribution in [0, 0.1) is 20.8 Å². The molecule has 6 heteroatoms. The number of carbonyl (C=O) groups is 2. The second kappa shape index (κ2) is 7.74. The Kier molecular flexibility index (Phi) is 6.56. The maximum Gasteiger partial charge on any atom is 0.307 e. The molecule has 0 spiro atoms. The van der Waals surface area contributed by atoms with Gasteiger partial charge in [0.15, 0.2) is 0 Å². The molecule has 0 aliphatic carbocycles. The molecule has 0 bridgehead atoms.